The van der Waals surface area contributed by atoms with Gasteiger partial charge in [-0.15, -0.1) is 0 Å². The first-order valence-corrected chi connectivity index (χ1v) is 10.3. The molecule has 3 unspecified atom stereocenters. The summed E-state index contributed by atoms with van der Waals surface area (Å²) < 4.78 is 36.1. The van der Waals surface area contributed by atoms with Crippen molar-refractivity contribution in [3.8, 4) is 0 Å². The quantitative estimate of drug-likeness (QED) is 0.656. The summed E-state index contributed by atoms with van der Waals surface area (Å²) in [4.78, 5) is 5.53. The fourth-order valence-corrected chi connectivity index (χ4v) is 5.48. The molecule has 2 heterocycles. The van der Waals surface area contributed by atoms with Crippen molar-refractivity contribution in [3.63, 3.8) is 0 Å². The normalized spacial score (nSPS) is 29.5. The number of halogens is 2. The number of ether oxygens (including phenoxy) is 1. The van der Waals surface area contributed by atoms with Crippen molar-refractivity contribution >= 4 is 10.9 Å². The van der Waals surface area contributed by atoms with Crippen LogP contribution in [0.2, 0.25) is 0 Å². The standard InChI is InChI=1S/C24H26F2N2O/c1-28(2)23(16-6-4-3-5-7-16)11-12-24(21(26)15-23)22-18(10-13-29-24)19-14-17(25)8-9-20(19)27-22/h3-9,14,21,27H,10-13,15H2,1-2H3. The Balaban J connectivity index is 1.59. The van der Waals surface area contributed by atoms with Crippen LogP contribution in [0.1, 0.15) is 36.1 Å². The molecular formula is C24H26F2N2O. The number of nitrogens with one attached hydrogen (secondary N) is 1. The highest BCUT2D eigenvalue weighted by molar-refractivity contribution is 5.85. The Morgan fingerprint density at radius 3 is 2.62 bits per heavy atom. The zero-order valence-electron chi connectivity index (χ0n) is 16.8. The van der Waals surface area contributed by atoms with Crippen LogP contribution in [0.25, 0.3) is 10.9 Å². The van der Waals surface area contributed by atoms with E-state index in [0.717, 1.165) is 34.1 Å². The third-order valence-electron chi connectivity index (χ3n) is 7.10. The Morgan fingerprint density at radius 1 is 1.10 bits per heavy atom. The Kier molecular flexibility index (Phi) is 4.30. The first kappa shape index (κ1) is 18.8. The molecule has 0 radical (unpaired) electrons. The number of benzene rings is 2. The van der Waals surface area contributed by atoms with Crippen LogP contribution in [0.3, 0.4) is 0 Å². The molecule has 2 aliphatic rings. The fraction of sp³-hybridized carbons (Fsp3) is 0.417. The zero-order valence-corrected chi connectivity index (χ0v) is 16.8. The Labute approximate surface area is 169 Å². The second kappa shape index (κ2) is 6.64. The van der Waals surface area contributed by atoms with E-state index in [2.05, 4.69) is 22.0 Å². The van der Waals surface area contributed by atoms with Gasteiger partial charge in [0.2, 0.25) is 0 Å². The number of H-pyrrole nitrogens is 1. The molecule has 1 N–H and O–H groups in total. The van der Waals surface area contributed by atoms with Crippen molar-refractivity contribution < 1.29 is 13.5 Å². The van der Waals surface area contributed by atoms with Gasteiger partial charge in [0, 0.05) is 22.9 Å². The summed E-state index contributed by atoms with van der Waals surface area (Å²) in [5.41, 5.74) is 2.43. The van der Waals surface area contributed by atoms with Gasteiger partial charge in [0.05, 0.1) is 12.3 Å². The molecule has 3 aromatic rings. The maximum Gasteiger partial charge on any atom is 0.139 e. The highest BCUT2D eigenvalue weighted by atomic mass is 19.1. The number of fused-ring (bicyclic) bond motifs is 4. The molecule has 0 saturated heterocycles. The van der Waals surface area contributed by atoms with E-state index < -0.39 is 11.8 Å². The van der Waals surface area contributed by atoms with Gasteiger partial charge in [-0.3, -0.25) is 4.90 Å². The minimum Gasteiger partial charge on any atom is -0.365 e. The summed E-state index contributed by atoms with van der Waals surface area (Å²) in [6, 6.07) is 14.9. The molecule has 1 fully saturated rings. The van der Waals surface area contributed by atoms with Crippen molar-refractivity contribution in [1.82, 2.24) is 9.88 Å². The summed E-state index contributed by atoms with van der Waals surface area (Å²) in [6.07, 6.45) is 1.21. The Hall–Kier alpha value is -2.24. The fourth-order valence-electron chi connectivity index (χ4n) is 5.48. The lowest BCUT2D eigenvalue weighted by Gasteiger charge is -2.52. The second-order valence-corrected chi connectivity index (χ2v) is 8.62. The van der Waals surface area contributed by atoms with Gasteiger partial charge in [0.25, 0.3) is 0 Å². The Morgan fingerprint density at radius 2 is 1.90 bits per heavy atom. The predicted molar refractivity (Wildman–Crippen MR) is 110 cm³/mol. The average Bonchev–Trinajstić information content (AvgIpc) is 3.10. The van der Waals surface area contributed by atoms with Crippen LogP contribution in [-0.4, -0.2) is 36.8 Å². The van der Waals surface area contributed by atoms with Crippen molar-refractivity contribution in [2.45, 2.75) is 43.0 Å². The SMILES string of the molecule is CN(C)C1(c2ccccc2)CCC2(OCCc3c2[nH]c2ccc(F)cc32)C(F)C1. The van der Waals surface area contributed by atoms with E-state index in [9.17, 15) is 4.39 Å². The number of hydrogen-bond donors (Lipinski definition) is 1. The molecule has 1 saturated carbocycles. The van der Waals surface area contributed by atoms with Gasteiger partial charge < -0.3 is 9.72 Å². The number of alkyl halides is 1. The monoisotopic (exact) mass is 396 g/mol. The summed E-state index contributed by atoms with van der Waals surface area (Å²) in [7, 11) is 4.05. The molecule has 1 aromatic heterocycles. The molecule has 1 aliphatic heterocycles. The van der Waals surface area contributed by atoms with E-state index in [4.69, 9.17) is 4.74 Å². The number of rotatable bonds is 2. The smallest absolute Gasteiger partial charge is 0.139 e. The molecule has 5 heteroatoms. The highest BCUT2D eigenvalue weighted by Gasteiger charge is 2.55. The van der Waals surface area contributed by atoms with E-state index >= 15 is 4.39 Å². The second-order valence-electron chi connectivity index (χ2n) is 8.62. The van der Waals surface area contributed by atoms with E-state index in [1.54, 1.807) is 12.1 Å². The molecule has 0 bridgehead atoms. The average molecular weight is 396 g/mol. The van der Waals surface area contributed by atoms with Gasteiger partial charge in [0.1, 0.15) is 17.6 Å². The van der Waals surface area contributed by atoms with Gasteiger partial charge in [-0.05, 0) is 62.7 Å². The molecule has 1 aliphatic carbocycles. The number of nitrogens with zero attached hydrogens (tertiary/aromatic N) is 1. The summed E-state index contributed by atoms with van der Waals surface area (Å²) in [6.45, 7) is 0.456. The number of hydrogen-bond acceptors (Lipinski definition) is 2. The Bertz CT molecular complexity index is 1050. The van der Waals surface area contributed by atoms with Gasteiger partial charge in [0.15, 0.2) is 0 Å². The molecular weight excluding hydrogens is 370 g/mol. The van der Waals surface area contributed by atoms with Crippen LogP contribution < -0.4 is 0 Å². The predicted octanol–water partition coefficient (Wildman–Crippen LogP) is 5.05. The lowest BCUT2D eigenvalue weighted by molar-refractivity contribution is -0.159. The van der Waals surface area contributed by atoms with Gasteiger partial charge in [-0.25, -0.2) is 8.78 Å². The first-order chi connectivity index (χ1) is 14.0. The molecule has 3 nitrogen and oxygen atoms in total. The largest absolute Gasteiger partial charge is 0.365 e. The van der Waals surface area contributed by atoms with Crippen LogP contribution >= 0.6 is 0 Å². The van der Waals surface area contributed by atoms with Crippen molar-refractivity contribution in [2.24, 2.45) is 0 Å². The molecule has 1 spiro atoms. The van der Waals surface area contributed by atoms with E-state index in [0.29, 0.717) is 25.9 Å². The number of aromatic nitrogens is 1. The third-order valence-corrected chi connectivity index (χ3v) is 7.10. The summed E-state index contributed by atoms with van der Waals surface area (Å²) in [5.74, 6) is -0.268. The molecule has 2 aromatic carbocycles. The lowest BCUT2D eigenvalue weighted by Crippen LogP contribution is -2.56. The molecule has 152 valence electrons. The first-order valence-electron chi connectivity index (χ1n) is 10.3. The van der Waals surface area contributed by atoms with E-state index in [-0.39, 0.29) is 11.4 Å². The summed E-state index contributed by atoms with van der Waals surface area (Å²) >= 11 is 0. The van der Waals surface area contributed by atoms with Crippen molar-refractivity contribution in [3.05, 3.63) is 71.2 Å². The topological polar surface area (TPSA) is 28.3 Å². The maximum atomic E-state index is 16.1. The van der Waals surface area contributed by atoms with Crippen LogP contribution in [0.5, 0.6) is 0 Å². The van der Waals surface area contributed by atoms with Crippen LogP contribution in [0, 0.1) is 5.82 Å². The molecule has 29 heavy (non-hydrogen) atoms. The molecule has 3 atom stereocenters. The lowest BCUT2D eigenvalue weighted by atomic mass is 9.67. The van der Waals surface area contributed by atoms with Crippen molar-refractivity contribution in [2.75, 3.05) is 20.7 Å². The van der Waals surface area contributed by atoms with Gasteiger partial charge in [-0.2, -0.15) is 0 Å². The summed E-state index contributed by atoms with van der Waals surface area (Å²) in [5, 5.41) is 0.849. The third kappa shape index (κ3) is 2.67. The molecule has 5 rings (SSSR count). The van der Waals surface area contributed by atoms with Crippen LogP contribution in [0.4, 0.5) is 8.78 Å². The van der Waals surface area contributed by atoms with E-state index in [1.807, 2.05) is 32.3 Å². The van der Waals surface area contributed by atoms with Gasteiger partial charge in [-0.1, -0.05) is 30.3 Å². The highest BCUT2D eigenvalue weighted by Crippen LogP contribution is 2.53. The zero-order chi connectivity index (χ0) is 20.2. The van der Waals surface area contributed by atoms with Crippen LogP contribution in [-0.2, 0) is 22.3 Å². The van der Waals surface area contributed by atoms with Crippen molar-refractivity contribution in [1.29, 1.82) is 0 Å². The number of aromatic amines is 1. The maximum absolute atomic E-state index is 16.1. The van der Waals surface area contributed by atoms with E-state index in [1.165, 1.54) is 6.07 Å². The minimum atomic E-state index is -1.17. The van der Waals surface area contributed by atoms with Crippen LogP contribution in [0.15, 0.2) is 48.5 Å². The molecule has 0 amide bonds. The minimum absolute atomic E-state index is 0.268. The van der Waals surface area contributed by atoms with Gasteiger partial charge >= 0.3 is 0 Å².